The van der Waals surface area contributed by atoms with Crippen molar-refractivity contribution < 1.29 is 9.53 Å². The number of hydrogen-bond donors (Lipinski definition) is 1. The lowest BCUT2D eigenvalue weighted by molar-refractivity contribution is -0.133. The molecule has 4 nitrogen and oxygen atoms in total. The zero-order chi connectivity index (χ0) is 10.4. The number of nitrogens with zero attached hydrogens (tertiary/aromatic N) is 1. The molecule has 78 valence electrons. The molecule has 1 heterocycles. The molecule has 2 radical (unpaired) electrons. The van der Waals surface area contributed by atoms with Gasteiger partial charge < -0.3 is 14.9 Å². The van der Waals surface area contributed by atoms with E-state index in [1.807, 2.05) is 4.90 Å². The summed E-state index contributed by atoms with van der Waals surface area (Å²) in [5.74, 6) is 0.183. The van der Waals surface area contributed by atoms with Gasteiger partial charge in [-0.05, 0) is 18.9 Å². The predicted molar refractivity (Wildman–Crippen MR) is 55.0 cm³/mol. The van der Waals surface area contributed by atoms with Crippen LogP contribution in [-0.2, 0) is 9.53 Å². The molecule has 1 fully saturated rings. The molecule has 5 heteroatoms. The molecule has 0 bridgehead atoms. The van der Waals surface area contributed by atoms with Gasteiger partial charge in [0, 0.05) is 20.2 Å². The summed E-state index contributed by atoms with van der Waals surface area (Å²) in [6, 6.07) is 0.362. The second-order valence-electron chi connectivity index (χ2n) is 3.56. The predicted octanol–water partition coefficient (Wildman–Crippen LogP) is -0.313. The third kappa shape index (κ3) is 3.31. The van der Waals surface area contributed by atoms with Gasteiger partial charge in [-0.25, -0.2) is 0 Å². The topological polar surface area (TPSA) is 41.6 Å². The highest BCUT2D eigenvalue weighted by molar-refractivity contribution is 6.04. The highest BCUT2D eigenvalue weighted by Crippen LogP contribution is 2.10. The third-order valence-electron chi connectivity index (χ3n) is 2.60. The van der Waals surface area contributed by atoms with Crippen molar-refractivity contribution in [2.75, 3.05) is 26.8 Å². The standard InChI is InChI=1S/C9H17BN2O2/c1-14-7-4-9(13)12-5-2-8(11-10)3-6-12/h8,11H,2-7H2,1H3. The van der Waals surface area contributed by atoms with Crippen molar-refractivity contribution in [3.05, 3.63) is 0 Å². The van der Waals surface area contributed by atoms with E-state index in [0.717, 1.165) is 25.9 Å². The van der Waals surface area contributed by atoms with Crippen molar-refractivity contribution in [1.29, 1.82) is 0 Å². The minimum atomic E-state index is 0.183. The van der Waals surface area contributed by atoms with Gasteiger partial charge in [0.2, 0.25) is 5.91 Å². The van der Waals surface area contributed by atoms with E-state index in [0.29, 0.717) is 19.1 Å². The fourth-order valence-corrected chi connectivity index (χ4v) is 1.64. The molecule has 0 aromatic carbocycles. The third-order valence-corrected chi connectivity index (χ3v) is 2.60. The van der Waals surface area contributed by atoms with Crippen molar-refractivity contribution in [3.8, 4) is 0 Å². The van der Waals surface area contributed by atoms with Crippen LogP contribution in [0.3, 0.4) is 0 Å². The van der Waals surface area contributed by atoms with Crippen LogP contribution in [0.25, 0.3) is 0 Å². The number of carbonyl (C=O) groups excluding carboxylic acids is 1. The first-order valence-corrected chi connectivity index (χ1v) is 5.00. The summed E-state index contributed by atoms with van der Waals surface area (Å²) in [5, 5.41) is 2.74. The first kappa shape index (κ1) is 11.5. The van der Waals surface area contributed by atoms with Gasteiger partial charge in [0.15, 0.2) is 7.98 Å². The number of amides is 1. The summed E-state index contributed by atoms with van der Waals surface area (Å²) in [7, 11) is 6.94. The highest BCUT2D eigenvalue weighted by atomic mass is 16.5. The molecule has 0 unspecified atom stereocenters. The van der Waals surface area contributed by atoms with Gasteiger partial charge >= 0.3 is 0 Å². The summed E-state index contributed by atoms with van der Waals surface area (Å²) >= 11 is 0. The molecule has 0 atom stereocenters. The average Bonchev–Trinajstić information content (AvgIpc) is 2.26. The maximum absolute atomic E-state index is 11.5. The second-order valence-corrected chi connectivity index (χ2v) is 3.56. The number of ether oxygens (including phenoxy) is 1. The molecule has 1 rings (SSSR count). The molecule has 1 N–H and O–H groups in total. The van der Waals surface area contributed by atoms with Gasteiger partial charge in [0.05, 0.1) is 13.0 Å². The molecule has 0 aromatic rings. The Kier molecular flexibility index (Phi) is 4.97. The first-order chi connectivity index (χ1) is 6.77. The molecule has 0 saturated carbocycles. The fraction of sp³-hybridized carbons (Fsp3) is 0.889. The number of nitrogens with one attached hydrogen (secondary N) is 1. The van der Waals surface area contributed by atoms with Gasteiger partial charge in [-0.2, -0.15) is 0 Å². The smallest absolute Gasteiger partial charge is 0.224 e. The van der Waals surface area contributed by atoms with E-state index in [1.54, 1.807) is 7.11 Å². The van der Waals surface area contributed by atoms with E-state index in [-0.39, 0.29) is 5.91 Å². The van der Waals surface area contributed by atoms with Crippen molar-refractivity contribution in [3.63, 3.8) is 0 Å². The molecule has 1 amide bonds. The summed E-state index contributed by atoms with van der Waals surface area (Å²) < 4.78 is 4.87. The van der Waals surface area contributed by atoms with Crippen molar-refractivity contribution >= 4 is 13.9 Å². The van der Waals surface area contributed by atoms with Crippen LogP contribution in [0.2, 0.25) is 0 Å². The zero-order valence-corrected chi connectivity index (χ0v) is 8.66. The van der Waals surface area contributed by atoms with E-state index in [9.17, 15) is 4.79 Å². The number of carbonyl (C=O) groups is 1. The van der Waals surface area contributed by atoms with Crippen LogP contribution in [0.4, 0.5) is 0 Å². The number of hydrogen-bond acceptors (Lipinski definition) is 3. The minimum absolute atomic E-state index is 0.183. The Bertz CT molecular complexity index is 182. The molecule has 0 aromatic heterocycles. The van der Waals surface area contributed by atoms with Crippen LogP contribution in [-0.4, -0.2) is 51.6 Å². The Hall–Kier alpha value is -0.545. The van der Waals surface area contributed by atoms with Gasteiger partial charge in [0.25, 0.3) is 0 Å². The quantitative estimate of drug-likeness (QED) is 0.627. The van der Waals surface area contributed by atoms with Crippen molar-refractivity contribution in [2.24, 2.45) is 0 Å². The second kappa shape index (κ2) is 6.04. The zero-order valence-electron chi connectivity index (χ0n) is 8.66. The molecule has 0 spiro atoms. The number of piperidine rings is 1. The lowest BCUT2D eigenvalue weighted by atomic mass is 10.0. The van der Waals surface area contributed by atoms with Crippen molar-refractivity contribution in [2.45, 2.75) is 25.3 Å². The number of methoxy groups -OCH3 is 1. The van der Waals surface area contributed by atoms with Crippen LogP contribution in [0.5, 0.6) is 0 Å². The fourth-order valence-electron chi connectivity index (χ4n) is 1.64. The van der Waals surface area contributed by atoms with Gasteiger partial charge in [-0.15, -0.1) is 0 Å². The van der Waals surface area contributed by atoms with Crippen LogP contribution < -0.4 is 5.23 Å². The Balaban J connectivity index is 2.23. The Labute approximate surface area is 86.4 Å². The van der Waals surface area contributed by atoms with Gasteiger partial charge in [0.1, 0.15) is 0 Å². The minimum Gasteiger partial charge on any atom is -0.384 e. The lowest BCUT2D eigenvalue weighted by Crippen LogP contribution is -2.44. The Morgan fingerprint density at radius 2 is 2.21 bits per heavy atom. The summed E-state index contributed by atoms with van der Waals surface area (Å²) in [4.78, 5) is 13.4. The largest absolute Gasteiger partial charge is 0.384 e. The van der Waals surface area contributed by atoms with Crippen LogP contribution in [0, 0.1) is 0 Å². The van der Waals surface area contributed by atoms with Crippen molar-refractivity contribution in [1.82, 2.24) is 10.1 Å². The van der Waals surface area contributed by atoms with Crippen LogP contribution >= 0.6 is 0 Å². The molecule has 1 aliphatic heterocycles. The molecule has 14 heavy (non-hydrogen) atoms. The van der Waals surface area contributed by atoms with E-state index in [1.165, 1.54) is 0 Å². The number of likely N-dealkylation sites (tertiary alicyclic amines) is 1. The Morgan fingerprint density at radius 1 is 1.57 bits per heavy atom. The SMILES string of the molecule is [B]NC1CCN(C(=O)CCOC)CC1. The van der Waals surface area contributed by atoms with E-state index in [4.69, 9.17) is 12.7 Å². The number of rotatable bonds is 4. The maximum Gasteiger partial charge on any atom is 0.224 e. The molecule has 1 aliphatic rings. The normalized spacial score (nSPS) is 18.5. The molecule has 0 aliphatic carbocycles. The highest BCUT2D eigenvalue weighted by Gasteiger charge is 2.20. The van der Waals surface area contributed by atoms with E-state index in [2.05, 4.69) is 5.23 Å². The molecular formula is C9H17BN2O2. The summed E-state index contributed by atoms with van der Waals surface area (Å²) in [5.41, 5.74) is 0. The van der Waals surface area contributed by atoms with Gasteiger partial charge in [-0.3, -0.25) is 4.79 Å². The average molecular weight is 196 g/mol. The summed E-state index contributed by atoms with van der Waals surface area (Å²) in [6.45, 7) is 2.11. The van der Waals surface area contributed by atoms with Crippen LogP contribution in [0.1, 0.15) is 19.3 Å². The monoisotopic (exact) mass is 196 g/mol. The van der Waals surface area contributed by atoms with E-state index >= 15 is 0 Å². The molecule has 1 saturated heterocycles. The summed E-state index contributed by atoms with van der Waals surface area (Å²) in [6.07, 6.45) is 2.36. The Morgan fingerprint density at radius 3 is 2.71 bits per heavy atom. The maximum atomic E-state index is 11.5. The van der Waals surface area contributed by atoms with Crippen LogP contribution in [0.15, 0.2) is 0 Å². The molecular weight excluding hydrogens is 179 g/mol. The van der Waals surface area contributed by atoms with E-state index < -0.39 is 0 Å². The lowest BCUT2D eigenvalue weighted by Gasteiger charge is -2.32. The first-order valence-electron chi connectivity index (χ1n) is 5.00. The van der Waals surface area contributed by atoms with Gasteiger partial charge in [-0.1, -0.05) is 0 Å².